The van der Waals surface area contributed by atoms with Crippen LogP contribution in [0.25, 0.3) is 0 Å². The molecule has 3 nitrogen and oxygen atoms in total. The maximum absolute atomic E-state index is 9.77. The first-order chi connectivity index (χ1) is 6.57. The van der Waals surface area contributed by atoms with Gasteiger partial charge in [0, 0.05) is 11.6 Å². The fourth-order valence-electron chi connectivity index (χ4n) is 1.26. The molecule has 0 spiro atoms. The number of ether oxygens (including phenoxy) is 1. The molecule has 0 fully saturated rings. The van der Waals surface area contributed by atoms with Crippen LogP contribution in [0.2, 0.25) is 5.02 Å². The SMILES string of the molecule is COc1c(Cl)cccc1[C@@H](O)[C@H](C)N. The van der Waals surface area contributed by atoms with Crippen LogP contribution in [-0.2, 0) is 0 Å². The van der Waals surface area contributed by atoms with Crippen molar-refractivity contribution in [2.75, 3.05) is 7.11 Å². The van der Waals surface area contributed by atoms with Crippen molar-refractivity contribution in [1.29, 1.82) is 0 Å². The van der Waals surface area contributed by atoms with Gasteiger partial charge in [-0.15, -0.1) is 0 Å². The number of hydrogen-bond acceptors (Lipinski definition) is 3. The molecule has 0 amide bonds. The Labute approximate surface area is 88.4 Å². The molecule has 0 unspecified atom stereocenters. The van der Waals surface area contributed by atoms with E-state index in [2.05, 4.69) is 0 Å². The predicted octanol–water partition coefficient (Wildman–Crippen LogP) is 1.73. The number of nitrogens with two attached hydrogens (primary N) is 1. The summed E-state index contributed by atoms with van der Waals surface area (Å²) < 4.78 is 5.10. The van der Waals surface area contributed by atoms with E-state index in [9.17, 15) is 5.11 Å². The lowest BCUT2D eigenvalue weighted by molar-refractivity contribution is 0.149. The summed E-state index contributed by atoms with van der Waals surface area (Å²) in [5, 5.41) is 10.2. The van der Waals surface area contributed by atoms with Gasteiger partial charge < -0.3 is 15.6 Å². The lowest BCUT2D eigenvalue weighted by Gasteiger charge is -2.18. The molecule has 0 radical (unpaired) electrons. The summed E-state index contributed by atoms with van der Waals surface area (Å²) in [4.78, 5) is 0. The van der Waals surface area contributed by atoms with E-state index in [0.717, 1.165) is 0 Å². The number of methoxy groups -OCH3 is 1. The monoisotopic (exact) mass is 215 g/mol. The highest BCUT2D eigenvalue weighted by Gasteiger charge is 2.18. The molecule has 0 saturated heterocycles. The van der Waals surface area contributed by atoms with Gasteiger partial charge in [0.05, 0.1) is 18.2 Å². The molecule has 1 rings (SSSR count). The highest BCUT2D eigenvalue weighted by Crippen LogP contribution is 2.33. The van der Waals surface area contributed by atoms with Crippen LogP contribution in [0.4, 0.5) is 0 Å². The Morgan fingerprint density at radius 2 is 2.14 bits per heavy atom. The van der Waals surface area contributed by atoms with Crippen molar-refractivity contribution in [3.63, 3.8) is 0 Å². The third-order valence-electron chi connectivity index (χ3n) is 2.02. The van der Waals surface area contributed by atoms with Gasteiger partial charge in [-0.2, -0.15) is 0 Å². The van der Waals surface area contributed by atoms with Gasteiger partial charge in [0.15, 0.2) is 0 Å². The number of aliphatic hydroxyl groups excluding tert-OH is 1. The number of benzene rings is 1. The first-order valence-corrected chi connectivity index (χ1v) is 4.71. The summed E-state index contributed by atoms with van der Waals surface area (Å²) in [7, 11) is 1.51. The quantitative estimate of drug-likeness (QED) is 0.808. The predicted molar refractivity (Wildman–Crippen MR) is 56.6 cm³/mol. The zero-order chi connectivity index (χ0) is 10.7. The molecule has 2 atom stereocenters. The van der Waals surface area contributed by atoms with E-state index < -0.39 is 6.10 Å². The standard InChI is InChI=1S/C10H14ClNO2/c1-6(12)9(13)7-4-3-5-8(11)10(7)14-2/h3-6,9,13H,12H2,1-2H3/t6-,9-/m0/s1. The van der Waals surface area contributed by atoms with Crippen LogP contribution in [0.5, 0.6) is 5.75 Å². The van der Waals surface area contributed by atoms with Crippen molar-refractivity contribution < 1.29 is 9.84 Å². The number of aliphatic hydroxyl groups is 1. The van der Waals surface area contributed by atoms with Gasteiger partial charge in [0.1, 0.15) is 5.75 Å². The molecule has 0 aliphatic rings. The first-order valence-electron chi connectivity index (χ1n) is 4.34. The van der Waals surface area contributed by atoms with Crippen LogP contribution in [0, 0.1) is 0 Å². The Balaban J connectivity index is 3.13. The average Bonchev–Trinajstić information content (AvgIpc) is 2.16. The number of para-hydroxylation sites is 1. The van der Waals surface area contributed by atoms with Gasteiger partial charge in [-0.3, -0.25) is 0 Å². The highest BCUT2D eigenvalue weighted by molar-refractivity contribution is 6.32. The van der Waals surface area contributed by atoms with Crippen LogP contribution >= 0.6 is 11.6 Å². The summed E-state index contributed by atoms with van der Waals surface area (Å²) >= 11 is 5.90. The molecule has 14 heavy (non-hydrogen) atoms. The van der Waals surface area contributed by atoms with Crippen LogP contribution in [0.3, 0.4) is 0 Å². The molecule has 1 aromatic rings. The van der Waals surface area contributed by atoms with Crippen molar-refractivity contribution in [3.05, 3.63) is 28.8 Å². The molecule has 3 N–H and O–H groups in total. The number of rotatable bonds is 3. The van der Waals surface area contributed by atoms with Gasteiger partial charge >= 0.3 is 0 Å². The van der Waals surface area contributed by atoms with E-state index in [0.29, 0.717) is 16.3 Å². The summed E-state index contributed by atoms with van der Waals surface area (Å²) in [6.45, 7) is 1.73. The zero-order valence-corrected chi connectivity index (χ0v) is 8.95. The van der Waals surface area contributed by atoms with Crippen LogP contribution in [0.15, 0.2) is 18.2 Å². The minimum absolute atomic E-state index is 0.359. The van der Waals surface area contributed by atoms with Gasteiger partial charge in [-0.05, 0) is 13.0 Å². The molecule has 0 saturated carbocycles. The second-order valence-electron chi connectivity index (χ2n) is 3.17. The normalized spacial score (nSPS) is 14.9. The summed E-state index contributed by atoms with van der Waals surface area (Å²) in [5.74, 6) is 0.485. The van der Waals surface area contributed by atoms with Crippen LogP contribution in [0.1, 0.15) is 18.6 Å². The maximum atomic E-state index is 9.77. The van der Waals surface area contributed by atoms with Gasteiger partial charge in [-0.25, -0.2) is 0 Å². The fourth-order valence-corrected chi connectivity index (χ4v) is 1.52. The van der Waals surface area contributed by atoms with Gasteiger partial charge in [0.2, 0.25) is 0 Å². The third kappa shape index (κ3) is 2.18. The van der Waals surface area contributed by atoms with Crippen molar-refractivity contribution >= 4 is 11.6 Å². The van der Waals surface area contributed by atoms with Crippen molar-refractivity contribution in [2.45, 2.75) is 19.1 Å². The Bertz CT molecular complexity index is 315. The Morgan fingerprint density at radius 1 is 1.50 bits per heavy atom. The second-order valence-corrected chi connectivity index (χ2v) is 3.57. The molecular formula is C10H14ClNO2. The molecule has 0 aromatic heterocycles. The first kappa shape index (κ1) is 11.3. The van der Waals surface area contributed by atoms with E-state index in [1.165, 1.54) is 7.11 Å². The lowest BCUT2D eigenvalue weighted by Crippen LogP contribution is -2.24. The molecule has 0 aliphatic carbocycles. The van der Waals surface area contributed by atoms with Gasteiger partial charge in [-0.1, -0.05) is 23.7 Å². The minimum atomic E-state index is -0.761. The molecular weight excluding hydrogens is 202 g/mol. The van der Waals surface area contributed by atoms with E-state index in [1.54, 1.807) is 25.1 Å². The van der Waals surface area contributed by atoms with E-state index in [4.69, 9.17) is 22.1 Å². The summed E-state index contributed by atoms with van der Waals surface area (Å²) in [5.41, 5.74) is 6.21. The van der Waals surface area contributed by atoms with Crippen LogP contribution < -0.4 is 10.5 Å². The Kier molecular flexibility index (Phi) is 3.75. The second kappa shape index (κ2) is 4.64. The minimum Gasteiger partial charge on any atom is -0.495 e. The lowest BCUT2D eigenvalue weighted by atomic mass is 10.0. The van der Waals surface area contributed by atoms with E-state index in [-0.39, 0.29) is 6.04 Å². The Morgan fingerprint density at radius 3 is 2.64 bits per heavy atom. The number of hydrogen-bond donors (Lipinski definition) is 2. The largest absolute Gasteiger partial charge is 0.495 e. The molecule has 0 aliphatic heterocycles. The van der Waals surface area contributed by atoms with Crippen LogP contribution in [-0.4, -0.2) is 18.3 Å². The molecule has 1 aromatic carbocycles. The van der Waals surface area contributed by atoms with E-state index in [1.807, 2.05) is 0 Å². The molecule has 0 heterocycles. The van der Waals surface area contributed by atoms with Crippen molar-refractivity contribution in [1.82, 2.24) is 0 Å². The molecule has 0 bridgehead atoms. The summed E-state index contributed by atoms with van der Waals surface area (Å²) in [6, 6.07) is 4.85. The molecule has 78 valence electrons. The van der Waals surface area contributed by atoms with Crippen molar-refractivity contribution in [3.8, 4) is 5.75 Å². The fraction of sp³-hybridized carbons (Fsp3) is 0.400. The van der Waals surface area contributed by atoms with Crippen molar-refractivity contribution in [2.24, 2.45) is 5.73 Å². The average molecular weight is 216 g/mol. The third-order valence-corrected chi connectivity index (χ3v) is 2.32. The maximum Gasteiger partial charge on any atom is 0.143 e. The summed E-state index contributed by atoms with van der Waals surface area (Å²) in [6.07, 6.45) is -0.761. The molecule has 4 heteroatoms. The highest BCUT2D eigenvalue weighted by atomic mass is 35.5. The number of halogens is 1. The van der Waals surface area contributed by atoms with Gasteiger partial charge in [0.25, 0.3) is 0 Å². The topological polar surface area (TPSA) is 55.5 Å². The van der Waals surface area contributed by atoms with E-state index >= 15 is 0 Å². The zero-order valence-electron chi connectivity index (χ0n) is 8.20. The Hall–Kier alpha value is -0.770. The smallest absolute Gasteiger partial charge is 0.143 e.